The summed E-state index contributed by atoms with van der Waals surface area (Å²) in [6, 6.07) is 8.37. The highest BCUT2D eigenvalue weighted by Gasteiger charge is 2.33. The van der Waals surface area contributed by atoms with E-state index in [4.69, 9.17) is 13.9 Å². The zero-order chi connectivity index (χ0) is 19.4. The number of methoxy groups -OCH3 is 2. The highest BCUT2D eigenvalue weighted by atomic mass is 32.2. The normalized spacial score (nSPS) is 15.6. The molecular formula is C19H23NO6S. The van der Waals surface area contributed by atoms with Gasteiger partial charge in [0.2, 0.25) is 0 Å². The highest BCUT2D eigenvalue weighted by molar-refractivity contribution is 7.91. The van der Waals surface area contributed by atoms with Crippen LogP contribution < -0.4 is 9.47 Å². The maximum absolute atomic E-state index is 12.8. The van der Waals surface area contributed by atoms with Crippen LogP contribution in [0.1, 0.15) is 29.0 Å². The lowest BCUT2D eigenvalue weighted by Crippen LogP contribution is -2.42. The van der Waals surface area contributed by atoms with E-state index in [-0.39, 0.29) is 11.7 Å². The maximum atomic E-state index is 12.8. The molecule has 0 saturated carbocycles. The van der Waals surface area contributed by atoms with Crippen molar-refractivity contribution >= 4 is 15.7 Å². The van der Waals surface area contributed by atoms with Gasteiger partial charge in [-0.05, 0) is 37.1 Å². The quantitative estimate of drug-likeness (QED) is 0.750. The molecule has 1 aliphatic heterocycles. The lowest BCUT2D eigenvalue weighted by molar-refractivity contribution is 0.0722. The van der Waals surface area contributed by atoms with Gasteiger partial charge in [-0.15, -0.1) is 0 Å². The van der Waals surface area contributed by atoms with Gasteiger partial charge in [-0.3, -0.25) is 4.79 Å². The van der Waals surface area contributed by atoms with Crippen molar-refractivity contribution in [3.8, 4) is 11.5 Å². The Kier molecular flexibility index (Phi) is 5.74. The Hall–Kier alpha value is -2.48. The average Bonchev–Trinajstić information content (AvgIpc) is 3.19. The van der Waals surface area contributed by atoms with E-state index in [0.717, 1.165) is 0 Å². The molecular weight excluding hydrogens is 370 g/mol. The lowest BCUT2D eigenvalue weighted by atomic mass is 10.1. The van der Waals surface area contributed by atoms with Crippen molar-refractivity contribution in [3.63, 3.8) is 0 Å². The van der Waals surface area contributed by atoms with Gasteiger partial charge < -0.3 is 18.8 Å². The van der Waals surface area contributed by atoms with Gasteiger partial charge in [0.05, 0.1) is 31.3 Å². The summed E-state index contributed by atoms with van der Waals surface area (Å²) in [4.78, 5) is 14.5. The number of carbonyl (C=O) groups is 1. The molecule has 0 spiro atoms. The fourth-order valence-electron chi connectivity index (χ4n) is 3.27. The second-order valence-corrected chi connectivity index (χ2v) is 8.73. The minimum atomic E-state index is -3.31. The van der Waals surface area contributed by atoms with Gasteiger partial charge in [0, 0.05) is 19.2 Å². The Morgan fingerprint density at radius 2 is 1.93 bits per heavy atom. The number of likely N-dealkylation sites (tertiary alicyclic amines) is 1. The number of amides is 1. The molecule has 27 heavy (non-hydrogen) atoms. The Labute approximate surface area is 158 Å². The summed E-state index contributed by atoms with van der Waals surface area (Å²) < 4.78 is 40.8. The largest absolute Gasteiger partial charge is 0.497 e. The number of piperidine rings is 1. The third kappa shape index (κ3) is 4.27. The van der Waals surface area contributed by atoms with Crippen LogP contribution >= 0.6 is 0 Å². The third-order valence-electron chi connectivity index (χ3n) is 4.80. The molecule has 0 aliphatic carbocycles. The van der Waals surface area contributed by atoms with Crippen molar-refractivity contribution in [3.05, 3.63) is 47.9 Å². The second kappa shape index (κ2) is 8.04. The maximum Gasteiger partial charge on any atom is 0.257 e. The van der Waals surface area contributed by atoms with E-state index >= 15 is 0 Å². The summed E-state index contributed by atoms with van der Waals surface area (Å²) in [6.07, 6.45) is 2.29. The molecule has 2 aromatic rings. The number of furan rings is 1. The van der Waals surface area contributed by atoms with Gasteiger partial charge in [-0.2, -0.15) is 0 Å². The molecule has 8 heteroatoms. The fourth-order valence-corrected chi connectivity index (χ4v) is 5.00. The van der Waals surface area contributed by atoms with E-state index in [1.54, 1.807) is 42.3 Å². The van der Waals surface area contributed by atoms with Crippen molar-refractivity contribution in [2.45, 2.75) is 23.8 Å². The van der Waals surface area contributed by atoms with Crippen molar-refractivity contribution in [1.82, 2.24) is 4.90 Å². The van der Waals surface area contributed by atoms with Crippen LogP contribution in [0.3, 0.4) is 0 Å². The van der Waals surface area contributed by atoms with E-state index in [9.17, 15) is 13.2 Å². The van der Waals surface area contributed by atoms with Crippen LogP contribution in [-0.2, 0) is 15.6 Å². The highest BCUT2D eigenvalue weighted by Crippen LogP contribution is 2.28. The molecule has 0 unspecified atom stereocenters. The zero-order valence-corrected chi connectivity index (χ0v) is 16.2. The minimum absolute atomic E-state index is 0.106. The molecule has 3 rings (SSSR count). The van der Waals surface area contributed by atoms with Gasteiger partial charge >= 0.3 is 0 Å². The average molecular weight is 393 g/mol. The van der Waals surface area contributed by atoms with E-state index in [0.29, 0.717) is 48.8 Å². The summed E-state index contributed by atoms with van der Waals surface area (Å²) in [7, 11) is -0.270. The Bertz CT molecular complexity index is 883. The number of hydrogen-bond acceptors (Lipinski definition) is 6. The van der Waals surface area contributed by atoms with Gasteiger partial charge in [0.1, 0.15) is 23.0 Å². The molecule has 2 heterocycles. The number of hydrogen-bond donors (Lipinski definition) is 0. The summed E-state index contributed by atoms with van der Waals surface area (Å²) in [5.41, 5.74) is 0.440. The molecule has 1 saturated heterocycles. The van der Waals surface area contributed by atoms with Crippen LogP contribution in [0, 0.1) is 0 Å². The van der Waals surface area contributed by atoms with E-state index in [1.807, 2.05) is 0 Å². The third-order valence-corrected chi connectivity index (χ3v) is 6.97. The number of ether oxygens (including phenoxy) is 2. The number of carbonyl (C=O) groups excluding carboxylic acids is 1. The van der Waals surface area contributed by atoms with E-state index in [1.165, 1.54) is 13.4 Å². The summed E-state index contributed by atoms with van der Waals surface area (Å²) in [5.74, 6) is 1.20. The Morgan fingerprint density at radius 1 is 1.19 bits per heavy atom. The minimum Gasteiger partial charge on any atom is -0.497 e. The Balaban J connectivity index is 1.66. The van der Waals surface area contributed by atoms with E-state index < -0.39 is 15.1 Å². The number of benzene rings is 1. The number of rotatable bonds is 6. The molecule has 146 valence electrons. The second-order valence-electron chi connectivity index (χ2n) is 6.44. The van der Waals surface area contributed by atoms with Crippen molar-refractivity contribution in [1.29, 1.82) is 0 Å². The summed E-state index contributed by atoms with van der Waals surface area (Å²) in [6.45, 7) is 0.770. The molecule has 1 aromatic carbocycles. The van der Waals surface area contributed by atoms with Crippen LogP contribution in [0.15, 0.2) is 41.0 Å². The lowest BCUT2D eigenvalue weighted by Gasteiger charge is -2.32. The molecule has 0 radical (unpaired) electrons. The monoisotopic (exact) mass is 393 g/mol. The first kappa shape index (κ1) is 19.3. The Morgan fingerprint density at radius 3 is 2.52 bits per heavy atom. The van der Waals surface area contributed by atoms with Crippen molar-refractivity contribution in [2.24, 2.45) is 0 Å². The molecule has 7 nitrogen and oxygen atoms in total. The standard InChI is InChI=1S/C19H23NO6S/c1-24-14-5-6-17(18(12-14)25-2)19(21)20-9-7-16(8-10-20)27(22,23)13-15-4-3-11-26-15/h3-6,11-12,16H,7-10,13H2,1-2H3. The first-order chi connectivity index (χ1) is 12.9. The molecule has 1 amide bonds. The molecule has 1 aromatic heterocycles. The number of sulfone groups is 1. The van der Waals surface area contributed by atoms with Crippen LogP contribution in [-0.4, -0.2) is 51.8 Å². The van der Waals surface area contributed by atoms with Crippen molar-refractivity contribution in [2.75, 3.05) is 27.3 Å². The first-order valence-corrected chi connectivity index (χ1v) is 10.4. The van der Waals surface area contributed by atoms with Gasteiger partial charge in [-0.1, -0.05) is 0 Å². The molecule has 0 bridgehead atoms. The predicted molar refractivity (Wildman–Crippen MR) is 99.8 cm³/mol. The molecule has 0 N–H and O–H groups in total. The number of nitrogens with zero attached hydrogens (tertiary/aromatic N) is 1. The fraction of sp³-hybridized carbons (Fsp3) is 0.421. The van der Waals surface area contributed by atoms with Crippen molar-refractivity contribution < 1.29 is 27.1 Å². The SMILES string of the molecule is COc1ccc(C(=O)N2CCC(S(=O)(=O)Cc3ccco3)CC2)c(OC)c1. The van der Waals surface area contributed by atoms with Crippen LogP contribution in [0.2, 0.25) is 0 Å². The molecule has 1 aliphatic rings. The van der Waals surface area contributed by atoms with Crippen LogP contribution in [0.4, 0.5) is 0 Å². The first-order valence-electron chi connectivity index (χ1n) is 8.70. The summed E-state index contributed by atoms with van der Waals surface area (Å²) >= 11 is 0. The van der Waals surface area contributed by atoms with Gasteiger partial charge in [-0.25, -0.2) is 8.42 Å². The predicted octanol–water partition coefficient (Wildman–Crippen LogP) is 2.52. The van der Waals surface area contributed by atoms with Gasteiger partial charge in [0.25, 0.3) is 5.91 Å². The topological polar surface area (TPSA) is 86.0 Å². The van der Waals surface area contributed by atoms with E-state index in [2.05, 4.69) is 0 Å². The van der Waals surface area contributed by atoms with Crippen LogP contribution in [0.25, 0.3) is 0 Å². The molecule has 1 fully saturated rings. The molecule has 0 atom stereocenters. The van der Waals surface area contributed by atoms with Gasteiger partial charge in [0.15, 0.2) is 9.84 Å². The summed E-state index contributed by atoms with van der Waals surface area (Å²) in [5, 5.41) is -0.468. The zero-order valence-electron chi connectivity index (χ0n) is 15.4. The smallest absolute Gasteiger partial charge is 0.257 e. The van der Waals surface area contributed by atoms with Crippen LogP contribution in [0.5, 0.6) is 11.5 Å².